The van der Waals surface area contributed by atoms with E-state index in [0.717, 1.165) is 36.1 Å². The first-order chi connectivity index (χ1) is 9.17. The molecule has 2 unspecified atom stereocenters. The molecule has 1 aliphatic rings. The van der Waals surface area contributed by atoms with Gasteiger partial charge in [0.05, 0.1) is 7.11 Å². The second-order valence-corrected chi connectivity index (χ2v) is 5.43. The smallest absolute Gasteiger partial charge is 0.166 e. The quantitative estimate of drug-likeness (QED) is 0.848. The Hall–Kier alpha value is -1.35. The Morgan fingerprint density at radius 2 is 2.11 bits per heavy atom. The zero-order chi connectivity index (χ0) is 13.8. The maximum atomic E-state index is 12.7. The van der Waals surface area contributed by atoms with Gasteiger partial charge in [-0.15, -0.1) is 0 Å². The number of methoxy groups -OCH3 is 1. The van der Waals surface area contributed by atoms with Gasteiger partial charge in [-0.2, -0.15) is 0 Å². The first kappa shape index (κ1) is 14.1. The number of ether oxygens (including phenoxy) is 1. The van der Waals surface area contributed by atoms with Gasteiger partial charge in [0.2, 0.25) is 0 Å². The van der Waals surface area contributed by atoms with Crippen molar-refractivity contribution in [2.24, 2.45) is 17.6 Å². The molecule has 3 nitrogen and oxygen atoms in total. The van der Waals surface area contributed by atoms with Crippen molar-refractivity contribution in [3.63, 3.8) is 0 Å². The molecular weight excluding hydrogens is 238 g/mol. The lowest BCUT2D eigenvalue weighted by atomic mass is 9.75. The summed E-state index contributed by atoms with van der Waals surface area (Å²) >= 11 is 0. The summed E-state index contributed by atoms with van der Waals surface area (Å²) in [6.45, 7) is 2.58. The summed E-state index contributed by atoms with van der Waals surface area (Å²) in [7, 11) is 1.64. The lowest BCUT2D eigenvalue weighted by molar-refractivity contribution is 0.0829. The molecule has 0 aromatic heterocycles. The number of hydrogen-bond donors (Lipinski definition) is 1. The maximum absolute atomic E-state index is 12.7. The SMILES string of the molecule is COc1ccc(C(=O)C2CCCCC2CN)c(C)c1. The van der Waals surface area contributed by atoms with Crippen LogP contribution in [0.5, 0.6) is 5.75 Å². The van der Waals surface area contributed by atoms with Crippen molar-refractivity contribution in [2.75, 3.05) is 13.7 Å². The summed E-state index contributed by atoms with van der Waals surface area (Å²) < 4.78 is 5.19. The molecule has 104 valence electrons. The van der Waals surface area contributed by atoms with Gasteiger partial charge < -0.3 is 10.5 Å². The van der Waals surface area contributed by atoms with Gasteiger partial charge in [0.25, 0.3) is 0 Å². The van der Waals surface area contributed by atoms with Gasteiger partial charge in [-0.3, -0.25) is 4.79 Å². The fourth-order valence-electron chi connectivity index (χ4n) is 3.07. The largest absolute Gasteiger partial charge is 0.497 e. The van der Waals surface area contributed by atoms with E-state index in [9.17, 15) is 4.79 Å². The number of benzene rings is 1. The van der Waals surface area contributed by atoms with Crippen LogP contribution in [0.4, 0.5) is 0 Å². The molecule has 1 fully saturated rings. The number of rotatable bonds is 4. The van der Waals surface area contributed by atoms with Crippen molar-refractivity contribution in [3.05, 3.63) is 29.3 Å². The molecule has 0 amide bonds. The molecule has 0 radical (unpaired) electrons. The molecule has 0 bridgehead atoms. The number of Topliss-reactive ketones (excluding diaryl/α,β-unsaturated/α-hetero) is 1. The monoisotopic (exact) mass is 261 g/mol. The molecule has 1 aliphatic carbocycles. The van der Waals surface area contributed by atoms with Crippen molar-refractivity contribution >= 4 is 5.78 Å². The summed E-state index contributed by atoms with van der Waals surface area (Å²) in [5.41, 5.74) is 7.64. The van der Waals surface area contributed by atoms with E-state index in [1.165, 1.54) is 6.42 Å². The van der Waals surface area contributed by atoms with Gasteiger partial charge in [0.15, 0.2) is 5.78 Å². The number of hydrogen-bond acceptors (Lipinski definition) is 3. The lowest BCUT2D eigenvalue weighted by Gasteiger charge is -2.29. The number of carbonyl (C=O) groups is 1. The van der Waals surface area contributed by atoms with E-state index in [1.807, 2.05) is 25.1 Å². The van der Waals surface area contributed by atoms with Crippen LogP contribution in [0.1, 0.15) is 41.6 Å². The molecule has 0 heterocycles. The van der Waals surface area contributed by atoms with E-state index < -0.39 is 0 Å². The predicted octanol–water partition coefficient (Wildman–Crippen LogP) is 2.95. The van der Waals surface area contributed by atoms with Gasteiger partial charge in [-0.05, 0) is 56.0 Å². The third-order valence-electron chi connectivity index (χ3n) is 4.25. The van der Waals surface area contributed by atoms with E-state index >= 15 is 0 Å². The lowest BCUT2D eigenvalue weighted by Crippen LogP contribution is -2.32. The Labute approximate surface area is 115 Å². The Balaban J connectivity index is 2.23. The zero-order valence-electron chi connectivity index (χ0n) is 11.8. The molecule has 1 aromatic carbocycles. The minimum Gasteiger partial charge on any atom is -0.497 e. The Kier molecular flexibility index (Phi) is 4.59. The van der Waals surface area contributed by atoms with Crippen LogP contribution in [-0.2, 0) is 0 Å². The van der Waals surface area contributed by atoms with E-state index in [0.29, 0.717) is 12.5 Å². The minimum atomic E-state index is 0.103. The van der Waals surface area contributed by atoms with Crippen LogP contribution in [0.3, 0.4) is 0 Å². The fraction of sp³-hybridized carbons (Fsp3) is 0.562. The Bertz CT molecular complexity index is 456. The summed E-state index contributed by atoms with van der Waals surface area (Å²) in [6.07, 6.45) is 4.41. The molecule has 2 rings (SSSR count). The van der Waals surface area contributed by atoms with E-state index in [4.69, 9.17) is 10.5 Å². The van der Waals surface area contributed by atoms with Crippen LogP contribution in [0.15, 0.2) is 18.2 Å². The summed E-state index contributed by atoms with van der Waals surface area (Å²) in [5.74, 6) is 1.51. The van der Waals surface area contributed by atoms with E-state index in [-0.39, 0.29) is 11.7 Å². The standard InChI is InChI=1S/C16H23NO2/c1-11-9-13(19-2)7-8-14(11)16(18)15-6-4-3-5-12(15)10-17/h7-9,12,15H,3-6,10,17H2,1-2H3. The Morgan fingerprint density at radius 3 is 2.74 bits per heavy atom. The average Bonchev–Trinajstić information content (AvgIpc) is 2.46. The first-order valence-corrected chi connectivity index (χ1v) is 7.06. The molecule has 0 spiro atoms. The third-order valence-corrected chi connectivity index (χ3v) is 4.25. The van der Waals surface area contributed by atoms with Gasteiger partial charge in [0.1, 0.15) is 5.75 Å². The summed E-state index contributed by atoms with van der Waals surface area (Å²) in [6, 6.07) is 5.67. The number of aryl methyl sites for hydroxylation is 1. The van der Waals surface area contributed by atoms with Crippen LogP contribution < -0.4 is 10.5 Å². The highest BCUT2D eigenvalue weighted by Gasteiger charge is 2.31. The van der Waals surface area contributed by atoms with Crippen molar-refractivity contribution in [2.45, 2.75) is 32.6 Å². The second-order valence-electron chi connectivity index (χ2n) is 5.43. The highest BCUT2D eigenvalue weighted by molar-refractivity contribution is 5.99. The van der Waals surface area contributed by atoms with Gasteiger partial charge in [0, 0.05) is 11.5 Å². The second kappa shape index (κ2) is 6.20. The van der Waals surface area contributed by atoms with Crippen molar-refractivity contribution in [3.8, 4) is 5.75 Å². The molecule has 19 heavy (non-hydrogen) atoms. The molecule has 1 saturated carbocycles. The minimum absolute atomic E-state index is 0.103. The molecular formula is C16H23NO2. The van der Waals surface area contributed by atoms with Crippen LogP contribution >= 0.6 is 0 Å². The topological polar surface area (TPSA) is 52.3 Å². The third kappa shape index (κ3) is 2.98. The zero-order valence-corrected chi connectivity index (χ0v) is 11.8. The van der Waals surface area contributed by atoms with Crippen LogP contribution in [0.2, 0.25) is 0 Å². The van der Waals surface area contributed by atoms with Crippen LogP contribution in [0.25, 0.3) is 0 Å². The molecule has 3 heteroatoms. The van der Waals surface area contributed by atoms with Crippen molar-refractivity contribution in [1.82, 2.24) is 0 Å². The molecule has 0 saturated heterocycles. The van der Waals surface area contributed by atoms with E-state index in [1.54, 1.807) is 7.11 Å². The summed E-state index contributed by atoms with van der Waals surface area (Å²) in [5, 5.41) is 0. The predicted molar refractivity (Wildman–Crippen MR) is 76.6 cm³/mol. The molecule has 0 aliphatic heterocycles. The van der Waals surface area contributed by atoms with Crippen LogP contribution in [0, 0.1) is 18.8 Å². The van der Waals surface area contributed by atoms with E-state index in [2.05, 4.69) is 0 Å². The highest BCUT2D eigenvalue weighted by atomic mass is 16.5. The van der Waals surface area contributed by atoms with Gasteiger partial charge in [-0.1, -0.05) is 12.8 Å². The number of nitrogens with two attached hydrogens (primary N) is 1. The first-order valence-electron chi connectivity index (χ1n) is 7.06. The van der Waals surface area contributed by atoms with Crippen molar-refractivity contribution in [1.29, 1.82) is 0 Å². The highest BCUT2D eigenvalue weighted by Crippen LogP contribution is 2.33. The number of ketones is 1. The summed E-state index contributed by atoms with van der Waals surface area (Å²) in [4.78, 5) is 12.7. The normalized spacial score (nSPS) is 23.1. The van der Waals surface area contributed by atoms with Crippen molar-refractivity contribution < 1.29 is 9.53 Å². The Morgan fingerprint density at radius 1 is 1.37 bits per heavy atom. The average molecular weight is 261 g/mol. The van der Waals surface area contributed by atoms with Crippen LogP contribution in [-0.4, -0.2) is 19.4 Å². The number of carbonyl (C=O) groups excluding carboxylic acids is 1. The fourth-order valence-corrected chi connectivity index (χ4v) is 3.07. The maximum Gasteiger partial charge on any atom is 0.166 e. The molecule has 2 atom stereocenters. The molecule has 1 aromatic rings. The molecule has 2 N–H and O–H groups in total. The van der Waals surface area contributed by atoms with Gasteiger partial charge in [-0.25, -0.2) is 0 Å². The van der Waals surface area contributed by atoms with Gasteiger partial charge >= 0.3 is 0 Å².